The zero-order chi connectivity index (χ0) is 14.6. The topological polar surface area (TPSA) is 12.0 Å². The zero-order valence-corrected chi connectivity index (χ0v) is 13.2. The van der Waals surface area contributed by atoms with Crippen LogP contribution in [0.1, 0.15) is 63.3 Å². The molecule has 1 aromatic carbocycles. The minimum atomic E-state index is -0.137. The lowest BCUT2D eigenvalue weighted by Gasteiger charge is -2.36. The number of nitrogens with one attached hydrogen (secondary N) is 1. The molecule has 0 bridgehead atoms. The number of aryl methyl sites for hydroxylation is 2. The van der Waals surface area contributed by atoms with E-state index in [-0.39, 0.29) is 17.3 Å². The summed E-state index contributed by atoms with van der Waals surface area (Å²) in [6, 6.07) is 3.57. The van der Waals surface area contributed by atoms with Gasteiger partial charge >= 0.3 is 0 Å². The highest BCUT2D eigenvalue weighted by molar-refractivity contribution is 5.38. The van der Waals surface area contributed by atoms with Crippen molar-refractivity contribution in [3.8, 4) is 0 Å². The summed E-state index contributed by atoms with van der Waals surface area (Å²) in [5.41, 5.74) is 3.52. The van der Waals surface area contributed by atoms with E-state index in [1.807, 2.05) is 13.8 Å². The highest BCUT2D eigenvalue weighted by Gasteiger charge is 2.30. The maximum atomic E-state index is 13.5. The van der Waals surface area contributed by atoms with Gasteiger partial charge in [-0.25, -0.2) is 4.39 Å². The van der Waals surface area contributed by atoms with Crippen LogP contribution in [0.25, 0.3) is 0 Å². The fraction of sp³-hybridized carbons (Fsp3) is 0.647. The van der Waals surface area contributed by atoms with Gasteiger partial charge in [-0.3, -0.25) is 0 Å². The molecule has 1 unspecified atom stereocenters. The van der Waals surface area contributed by atoms with Gasteiger partial charge in [-0.05, 0) is 67.5 Å². The van der Waals surface area contributed by atoms with Crippen LogP contribution in [0.5, 0.6) is 0 Å². The van der Waals surface area contributed by atoms with Crippen LogP contribution in [0, 0.1) is 25.1 Å². The van der Waals surface area contributed by atoms with Crippen LogP contribution < -0.4 is 5.32 Å². The van der Waals surface area contributed by atoms with Gasteiger partial charge in [0.2, 0.25) is 0 Å². The van der Waals surface area contributed by atoms with E-state index in [0.29, 0.717) is 0 Å². The molecule has 1 rings (SSSR count). The lowest BCUT2D eigenvalue weighted by atomic mass is 9.76. The summed E-state index contributed by atoms with van der Waals surface area (Å²) in [6.45, 7) is 14.0. The first kappa shape index (κ1) is 16.2. The van der Waals surface area contributed by atoms with Gasteiger partial charge in [-0.2, -0.15) is 0 Å². The normalized spacial score (nSPS) is 13.6. The fourth-order valence-electron chi connectivity index (χ4n) is 2.64. The van der Waals surface area contributed by atoms with Crippen LogP contribution in [0.3, 0.4) is 0 Å². The van der Waals surface area contributed by atoms with Crippen molar-refractivity contribution in [3.05, 3.63) is 34.6 Å². The van der Waals surface area contributed by atoms with Crippen LogP contribution in [0.4, 0.5) is 4.39 Å². The van der Waals surface area contributed by atoms with Crippen molar-refractivity contribution < 1.29 is 4.39 Å². The number of hydrogen-bond acceptors (Lipinski definition) is 1. The molecule has 0 fully saturated rings. The van der Waals surface area contributed by atoms with Crippen molar-refractivity contribution in [2.75, 3.05) is 6.54 Å². The van der Waals surface area contributed by atoms with Gasteiger partial charge in [-0.15, -0.1) is 0 Å². The number of rotatable bonds is 6. The molecule has 0 aliphatic carbocycles. The van der Waals surface area contributed by atoms with Gasteiger partial charge in [0.25, 0.3) is 0 Å². The predicted molar refractivity (Wildman–Crippen MR) is 81.0 cm³/mol. The third kappa shape index (κ3) is 3.79. The molecule has 19 heavy (non-hydrogen) atoms. The largest absolute Gasteiger partial charge is 0.309 e. The molecule has 0 saturated carbocycles. The number of hydrogen-bond donors (Lipinski definition) is 1. The summed E-state index contributed by atoms with van der Waals surface area (Å²) < 4.78 is 13.5. The van der Waals surface area contributed by atoms with Gasteiger partial charge in [0, 0.05) is 6.04 Å². The van der Waals surface area contributed by atoms with Gasteiger partial charge < -0.3 is 5.32 Å². The van der Waals surface area contributed by atoms with Gasteiger partial charge in [-0.1, -0.05) is 27.7 Å². The molecule has 0 saturated heterocycles. The van der Waals surface area contributed by atoms with Crippen LogP contribution in [0.15, 0.2) is 12.1 Å². The van der Waals surface area contributed by atoms with Gasteiger partial charge in [0.05, 0.1) is 0 Å². The molecule has 0 heterocycles. The number of benzene rings is 1. The van der Waals surface area contributed by atoms with Gasteiger partial charge in [0.15, 0.2) is 0 Å². The Balaban J connectivity index is 3.25. The Morgan fingerprint density at radius 2 is 1.68 bits per heavy atom. The molecule has 1 N–H and O–H groups in total. The first-order chi connectivity index (χ1) is 8.83. The lowest BCUT2D eigenvalue weighted by molar-refractivity contribution is 0.233. The second-order valence-corrected chi connectivity index (χ2v) is 6.18. The molecular formula is C17H28FN. The Morgan fingerprint density at radius 1 is 1.16 bits per heavy atom. The third-order valence-corrected chi connectivity index (χ3v) is 4.14. The van der Waals surface area contributed by atoms with E-state index in [1.54, 1.807) is 12.1 Å². The van der Waals surface area contributed by atoms with Crippen molar-refractivity contribution in [1.82, 2.24) is 5.32 Å². The smallest absolute Gasteiger partial charge is 0.123 e. The Kier molecular flexibility index (Phi) is 5.54. The summed E-state index contributed by atoms with van der Waals surface area (Å²) >= 11 is 0. The minimum absolute atomic E-state index is 0.137. The molecule has 2 heteroatoms. The summed E-state index contributed by atoms with van der Waals surface area (Å²) in [5, 5.41) is 3.66. The molecule has 1 aromatic rings. The molecule has 0 aliphatic heterocycles. The molecule has 0 radical (unpaired) electrons. The average Bonchev–Trinajstić information content (AvgIpc) is 2.31. The van der Waals surface area contributed by atoms with E-state index in [9.17, 15) is 4.39 Å². The monoisotopic (exact) mass is 265 g/mol. The molecule has 108 valence electrons. The SMILES string of the molecule is CCCNC(c1c(C)cc(F)cc1C)C(C)(C)CC. The summed E-state index contributed by atoms with van der Waals surface area (Å²) in [5.74, 6) is -0.137. The first-order valence-corrected chi connectivity index (χ1v) is 7.33. The standard InChI is InChI=1S/C17H28FN/c1-7-9-19-16(17(5,6)8-2)15-12(3)10-14(18)11-13(15)4/h10-11,16,19H,7-9H2,1-6H3. The van der Waals surface area contributed by atoms with Crippen LogP contribution >= 0.6 is 0 Å². The summed E-state index contributed by atoms with van der Waals surface area (Å²) in [6.07, 6.45) is 2.19. The molecule has 0 aliphatic rings. The first-order valence-electron chi connectivity index (χ1n) is 7.33. The Hall–Kier alpha value is -0.890. The molecule has 0 aromatic heterocycles. The maximum Gasteiger partial charge on any atom is 0.123 e. The summed E-state index contributed by atoms with van der Waals surface area (Å²) in [4.78, 5) is 0. The molecular weight excluding hydrogens is 237 g/mol. The van der Waals surface area contributed by atoms with E-state index >= 15 is 0 Å². The molecule has 1 nitrogen and oxygen atoms in total. The van der Waals surface area contributed by atoms with Crippen LogP contribution in [-0.4, -0.2) is 6.54 Å². The van der Waals surface area contributed by atoms with Crippen molar-refractivity contribution in [2.24, 2.45) is 5.41 Å². The van der Waals surface area contributed by atoms with E-state index in [4.69, 9.17) is 0 Å². The Bertz CT molecular complexity index is 400. The lowest BCUT2D eigenvalue weighted by Crippen LogP contribution is -2.35. The molecule has 0 amide bonds. The van der Waals surface area contributed by atoms with Crippen molar-refractivity contribution >= 4 is 0 Å². The predicted octanol–water partition coefficient (Wildman–Crippen LogP) is 4.92. The highest BCUT2D eigenvalue weighted by atomic mass is 19.1. The van der Waals surface area contributed by atoms with Crippen molar-refractivity contribution in [3.63, 3.8) is 0 Å². The Labute approximate surface area is 117 Å². The van der Waals surface area contributed by atoms with E-state index in [2.05, 4.69) is 33.0 Å². The van der Waals surface area contributed by atoms with E-state index < -0.39 is 0 Å². The second kappa shape index (κ2) is 6.51. The summed E-state index contributed by atoms with van der Waals surface area (Å²) in [7, 11) is 0. The maximum absolute atomic E-state index is 13.5. The third-order valence-electron chi connectivity index (χ3n) is 4.14. The quantitative estimate of drug-likeness (QED) is 0.770. The second-order valence-electron chi connectivity index (χ2n) is 6.18. The zero-order valence-electron chi connectivity index (χ0n) is 13.2. The molecule has 1 atom stereocenters. The Morgan fingerprint density at radius 3 is 2.11 bits per heavy atom. The van der Waals surface area contributed by atoms with Crippen LogP contribution in [0.2, 0.25) is 0 Å². The van der Waals surface area contributed by atoms with Crippen LogP contribution in [-0.2, 0) is 0 Å². The average molecular weight is 265 g/mol. The van der Waals surface area contributed by atoms with E-state index in [1.165, 1.54) is 5.56 Å². The van der Waals surface area contributed by atoms with Crippen molar-refractivity contribution in [1.29, 1.82) is 0 Å². The van der Waals surface area contributed by atoms with Gasteiger partial charge in [0.1, 0.15) is 5.82 Å². The van der Waals surface area contributed by atoms with E-state index in [0.717, 1.165) is 30.5 Å². The molecule has 0 spiro atoms. The highest BCUT2D eigenvalue weighted by Crippen LogP contribution is 2.39. The fourth-order valence-corrected chi connectivity index (χ4v) is 2.64. The van der Waals surface area contributed by atoms with Crippen molar-refractivity contribution in [2.45, 2.75) is 60.4 Å². The number of halogens is 1. The minimum Gasteiger partial charge on any atom is -0.309 e.